The van der Waals surface area contributed by atoms with Crippen LogP contribution in [0, 0.1) is 5.41 Å². The van der Waals surface area contributed by atoms with E-state index < -0.39 is 11.4 Å². The summed E-state index contributed by atoms with van der Waals surface area (Å²) in [5, 5.41) is 9.00. The van der Waals surface area contributed by atoms with Crippen molar-refractivity contribution in [2.45, 2.75) is 45.6 Å². The summed E-state index contributed by atoms with van der Waals surface area (Å²) in [6, 6.07) is 0. The Hall–Kier alpha value is -0.610. The summed E-state index contributed by atoms with van der Waals surface area (Å²) >= 11 is 0. The molecule has 0 aromatic heterocycles. The summed E-state index contributed by atoms with van der Waals surface area (Å²) in [6.07, 6.45) is 4.35. The second-order valence-electron chi connectivity index (χ2n) is 5.69. The number of carboxylic acids is 1. The molecule has 0 radical (unpaired) electrons. The summed E-state index contributed by atoms with van der Waals surface area (Å²) in [7, 11) is 2.08. The molecule has 1 N–H and O–H groups in total. The fourth-order valence-electron chi connectivity index (χ4n) is 2.13. The van der Waals surface area contributed by atoms with Crippen LogP contribution in [0.15, 0.2) is 0 Å². The molecule has 0 spiro atoms. The Labute approximate surface area is 104 Å². The normalized spacial score (nSPS) is 21.1. The van der Waals surface area contributed by atoms with E-state index in [1.807, 2.05) is 0 Å². The maximum atomic E-state index is 10.9. The smallest absolute Gasteiger partial charge is 0.309 e. The van der Waals surface area contributed by atoms with Crippen LogP contribution >= 0.6 is 0 Å². The van der Waals surface area contributed by atoms with E-state index in [-0.39, 0.29) is 0 Å². The Kier molecular flexibility index (Phi) is 5.40. The third-order valence-electron chi connectivity index (χ3n) is 3.46. The minimum absolute atomic E-state index is 0.382. The largest absolute Gasteiger partial charge is 0.481 e. The highest BCUT2D eigenvalue weighted by Crippen LogP contribution is 2.22. The lowest BCUT2D eigenvalue weighted by Crippen LogP contribution is -2.31. The van der Waals surface area contributed by atoms with Gasteiger partial charge in [-0.2, -0.15) is 0 Å². The fourth-order valence-corrected chi connectivity index (χ4v) is 2.13. The molecular formula is C13H25NO3. The molecule has 1 unspecified atom stereocenters. The van der Waals surface area contributed by atoms with E-state index in [1.165, 1.54) is 6.42 Å². The predicted octanol–water partition coefficient (Wildman–Crippen LogP) is 1.99. The van der Waals surface area contributed by atoms with Crippen LogP contribution in [-0.2, 0) is 9.53 Å². The van der Waals surface area contributed by atoms with Crippen molar-refractivity contribution < 1.29 is 14.6 Å². The summed E-state index contributed by atoms with van der Waals surface area (Å²) in [5.41, 5.74) is -0.606. The number of hydrogen-bond acceptors (Lipinski definition) is 3. The van der Waals surface area contributed by atoms with E-state index in [1.54, 1.807) is 13.8 Å². The number of aliphatic carboxylic acids is 1. The van der Waals surface area contributed by atoms with Crippen LogP contribution in [0.4, 0.5) is 0 Å². The van der Waals surface area contributed by atoms with Gasteiger partial charge < -0.3 is 14.7 Å². The molecule has 4 nitrogen and oxygen atoms in total. The third kappa shape index (κ3) is 5.04. The first-order valence-corrected chi connectivity index (χ1v) is 6.45. The summed E-state index contributed by atoms with van der Waals surface area (Å²) in [5.74, 6) is -0.709. The quantitative estimate of drug-likeness (QED) is 0.743. The van der Waals surface area contributed by atoms with Gasteiger partial charge in [0.05, 0.1) is 11.5 Å². The maximum Gasteiger partial charge on any atom is 0.309 e. The molecular weight excluding hydrogens is 218 g/mol. The number of ether oxygens (including phenoxy) is 1. The van der Waals surface area contributed by atoms with E-state index in [0.717, 1.165) is 39.0 Å². The van der Waals surface area contributed by atoms with Gasteiger partial charge in [0.1, 0.15) is 0 Å². The number of carboxylic acid groups (broad SMARTS) is 1. The molecule has 0 saturated carbocycles. The van der Waals surface area contributed by atoms with Gasteiger partial charge in [-0.05, 0) is 53.1 Å². The summed E-state index contributed by atoms with van der Waals surface area (Å²) < 4.78 is 5.57. The van der Waals surface area contributed by atoms with Crippen molar-refractivity contribution in [1.29, 1.82) is 0 Å². The van der Waals surface area contributed by atoms with Crippen LogP contribution in [0.3, 0.4) is 0 Å². The van der Waals surface area contributed by atoms with Crippen molar-refractivity contribution in [1.82, 2.24) is 4.90 Å². The molecule has 1 aliphatic rings. The Morgan fingerprint density at radius 2 is 2.24 bits per heavy atom. The molecule has 0 bridgehead atoms. The van der Waals surface area contributed by atoms with Crippen LogP contribution in [-0.4, -0.2) is 48.8 Å². The molecule has 4 heteroatoms. The maximum absolute atomic E-state index is 10.9. The zero-order chi connectivity index (χ0) is 12.9. The fraction of sp³-hybridized carbons (Fsp3) is 0.923. The highest BCUT2D eigenvalue weighted by atomic mass is 16.5. The van der Waals surface area contributed by atoms with Crippen LogP contribution in [0.1, 0.15) is 39.5 Å². The molecule has 1 rings (SSSR count). The Morgan fingerprint density at radius 3 is 2.76 bits per heavy atom. The molecule has 1 fully saturated rings. The van der Waals surface area contributed by atoms with Gasteiger partial charge in [-0.15, -0.1) is 0 Å². The number of hydrogen-bond donors (Lipinski definition) is 1. The lowest BCUT2D eigenvalue weighted by Gasteiger charge is -2.23. The second kappa shape index (κ2) is 6.36. The molecule has 100 valence electrons. The number of carbonyl (C=O) groups is 1. The van der Waals surface area contributed by atoms with Gasteiger partial charge in [-0.3, -0.25) is 4.79 Å². The van der Waals surface area contributed by atoms with Crippen molar-refractivity contribution in [3.8, 4) is 0 Å². The lowest BCUT2D eigenvalue weighted by atomic mass is 9.88. The van der Waals surface area contributed by atoms with E-state index >= 15 is 0 Å². The average Bonchev–Trinajstić information content (AvgIpc) is 2.69. The highest BCUT2D eigenvalue weighted by molar-refractivity contribution is 5.73. The van der Waals surface area contributed by atoms with Gasteiger partial charge in [0.25, 0.3) is 0 Å². The molecule has 0 amide bonds. The number of likely N-dealkylation sites (N-methyl/N-ethyl adjacent to an activating group) is 1. The number of rotatable bonds is 7. The van der Waals surface area contributed by atoms with E-state index in [4.69, 9.17) is 9.84 Å². The van der Waals surface area contributed by atoms with Crippen molar-refractivity contribution in [3.05, 3.63) is 0 Å². The van der Waals surface area contributed by atoms with Gasteiger partial charge in [-0.1, -0.05) is 0 Å². The average molecular weight is 243 g/mol. The highest BCUT2D eigenvalue weighted by Gasteiger charge is 2.26. The molecule has 17 heavy (non-hydrogen) atoms. The van der Waals surface area contributed by atoms with E-state index in [2.05, 4.69) is 11.9 Å². The van der Waals surface area contributed by atoms with Crippen LogP contribution in [0.5, 0.6) is 0 Å². The van der Waals surface area contributed by atoms with Gasteiger partial charge >= 0.3 is 5.97 Å². The van der Waals surface area contributed by atoms with Gasteiger partial charge in [-0.25, -0.2) is 0 Å². The molecule has 0 aromatic rings. The van der Waals surface area contributed by atoms with Crippen LogP contribution in [0.2, 0.25) is 0 Å². The molecule has 0 aliphatic carbocycles. The second-order valence-corrected chi connectivity index (χ2v) is 5.69. The number of nitrogens with zero attached hydrogens (tertiary/aromatic N) is 1. The topological polar surface area (TPSA) is 49.8 Å². The summed E-state index contributed by atoms with van der Waals surface area (Å²) in [6.45, 7) is 6.37. The predicted molar refractivity (Wildman–Crippen MR) is 67.1 cm³/mol. The first-order valence-electron chi connectivity index (χ1n) is 6.45. The first kappa shape index (κ1) is 14.5. The van der Waals surface area contributed by atoms with Crippen molar-refractivity contribution in [3.63, 3.8) is 0 Å². The van der Waals surface area contributed by atoms with Crippen molar-refractivity contribution >= 4 is 5.97 Å². The molecule has 1 saturated heterocycles. The van der Waals surface area contributed by atoms with Crippen LogP contribution in [0.25, 0.3) is 0 Å². The molecule has 1 aliphatic heterocycles. The van der Waals surface area contributed by atoms with Gasteiger partial charge in [0.2, 0.25) is 0 Å². The standard InChI is InChI=1S/C13H25NO3/c1-13(2,12(15)16)7-5-8-14(3)10-11-6-4-9-17-11/h11H,4-10H2,1-3H3,(H,15,16). The third-order valence-corrected chi connectivity index (χ3v) is 3.46. The zero-order valence-corrected chi connectivity index (χ0v) is 11.2. The van der Waals surface area contributed by atoms with E-state index in [0.29, 0.717) is 6.10 Å². The lowest BCUT2D eigenvalue weighted by molar-refractivity contribution is -0.147. The minimum atomic E-state index is -0.709. The Balaban J connectivity index is 2.15. The molecule has 1 heterocycles. The summed E-state index contributed by atoms with van der Waals surface area (Å²) in [4.78, 5) is 13.2. The van der Waals surface area contributed by atoms with Gasteiger partial charge in [0.15, 0.2) is 0 Å². The van der Waals surface area contributed by atoms with E-state index in [9.17, 15) is 4.79 Å². The first-order chi connectivity index (χ1) is 7.92. The SMILES string of the molecule is CN(CCCC(C)(C)C(=O)O)CC1CCCO1. The Morgan fingerprint density at radius 1 is 1.53 bits per heavy atom. The van der Waals surface area contributed by atoms with Crippen molar-refractivity contribution in [2.24, 2.45) is 5.41 Å². The Bertz CT molecular complexity index is 247. The van der Waals surface area contributed by atoms with Gasteiger partial charge in [0, 0.05) is 13.2 Å². The van der Waals surface area contributed by atoms with Crippen molar-refractivity contribution in [2.75, 3.05) is 26.7 Å². The minimum Gasteiger partial charge on any atom is -0.481 e. The monoisotopic (exact) mass is 243 g/mol. The molecule has 1 atom stereocenters. The molecule has 0 aromatic carbocycles. The zero-order valence-electron chi connectivity index (χ0n) is 11.2. The van der Waals surface area contributed by atoms with Crippen LogP contribution < -0.4 is 0 Å².